The highest BCUT2D eigenvalue weighted by molar-refractivity contribution is 7.86. The second kappa shape index (κ2) is 5.27. The number of rotatable bonds is 4. The minimum absolute atomic E-state index is 0.539. The molecule has 1 aromatic heterocycles. The minimum atomic E-state index is -0.951. The molecule has 0 saturated carbocycles. The van der Waals surface area contributed by atoms with Crippen LogP contribution in [0.1, 0.15) is 5.56 Å². The molecule has 0 saturated heterocycles. The molecule has 0 radical (unpaired) electrons. The first-order valence-corrected chi connectivity index (χ1v) is 7.04. The first kappa shape index (κ1) is 11.4. The van der Waals surface area contributed by atoms with Gasteiger partial charge in [-0.1, -0.05) is 18.2 Å². The molecule has 2 aromatic rings. The summed E-state index contributed by atoms with van der Waals surface area (Å²) in [5, 5.41) is 1.94. The van der Waals surface area contributed by atoms with Crippen molar-refractivity contribution in [2.45, 2.75) is 9.96 Å². The molecule has 2 nitrogen and oxygen atoms in total. The van der Waals surface area contributed by atoms with Gasteiger partial charge in [0.2, 0.25) is 0 Å². The first-order chi connectivity index (χ1) is 7.79. The zero-order chi connectivity index (χ0) is 11.4. The zero-order valence-corrected chi connectivity index (χ0v) is 10.5. The number of hydrogen-bond donors (Lipinski definition) is 0. The summed E-state index contributed by atoms with van der Waals surface area (Å²) in [5.41, 5.74) is 1.03. The van der Waals surface area contributed by atoms with Gasteiger partial charge in [0.1, 0.15) is 5.75 Å². The van der Waals surface area contributed by atoms with Gasteiger partial charge in [-0.3, -0.25) is 4.21 Å². The highest BCUT2D eigenvalue weighted by Gasteiger charge is 2.06. The van der Waals surface area contributed by atoms with E-state index in [-0.39, 0.29) is 0 Å². The maximum atomic E-state index is 12.0. The van der Waals surface area contributed by atoms with Crippen LogP contribution in [0.4, 0.5) is 0 Å². The Morgan fingerprint density at radius 3 is 2.88 bits per heavy atom. The van der Waals surface area contributed by atoms with E-state index in [9.17, 15) is 4.21 Å². The van der Waals surface area contributed by atoms with Crippen LogP contribution in [0.3, 0.4) is 0 Å². The average molecular weight is 252 g/mol. The minimum Gasteiger partial charge on any atom is -0.497 e. The summed E-state index contributed by atoms with van der Waals surface area (Å²) in [7, 11) is 0.684. The maximum Gasteiger partial charge on any atom is 0.119 e. The van der Waals surface area contributed by atoms with Crippen LogP contribution in [-0.2, 0) is 16.6 Å². The lowest BCUT2D eigenvalue weighted by Crippen LogP contribution is -1.94. The van der Waals surface area contributed by atoms with E-state index in [4.69, 9.17) is 4.74 Å². The molecule has 0 N–H and O–H groups in total. The molecule has 2 rings (SSSR count). The lowest BCUT2D eigenvalue weighted by atomic mass is 10.2. The number of thiophene rings is 1. The van der Waals surface area contributed by atoms with Crippen LogP contribution in [0.15, 0.2) is 46.0 Å². The van der Waals surface area contributed by atoms with Crippen LogP contribution in [-0.4, -0.2) is 11.3 Å². The van der Waals surface area contributed by atoms with Gasteiger partial charge in [-0.15, -0.1) is 11.3 Å². The number of hydrogen-bond acceptors (Lipinski definition) is 3. The molecule has 1 atom stereocenters. The lowest BCUT2D eigenvalue weighted by molar-refractivity contribution is 0.414. The van der Waals surface area contributed by atoms with Crippen molar-refractivity contribution in [3.05, 3.63) is 47.3 Å². The molecular weight excluding hydrogens is 240 g/mol. The van der Waals surface area contributed by atoms with Crippen molar-refractivity contribution in [3.8, 4) is 5.75 Å². The first-order valence-electron chi connectivity index (χ1n) is 4.84. The predicted molar refractivity (Wildman–Crippen MR) is 67.4 cm³/mol. The van der Waals surface area contributed by atoms with E-state index >= 15 is 0 Å². The topological polar surface area (TPSA) is 26.3 Å². The molecule has 0 amide bonds. The molecule has 0 aliphatic rings. The van der Waals surface area contributed by atoms with Crippen LogP contribution >= 0.6 is 11.3 Å². The summed E-state index contributed by atoms with van der Waals surface area (Å²) in [6, 6.07) is 11.5. The largest absolute Gasteiger partial charge is 0.497 e. The van der Waals surface area contributed by atoms with E-state index in [1.165, 1.54) is 11.3 Å². The van der Waals surface area contributed by atoms with E-state index < -0.39 is 10.8 Å². The Hall–Kier alpha value is -1.13. The summed E-state index contributed by atoms with van der Waals surface area (Å²) in [5.74, 6) is 1.35. The van der Waals surface area contributed by atoms with E-state index in [0.29, 0.717) is 5.75 Å². The van der Waals surface area contributed by atoms with Crippen LogP contribution < -0.4 is 4.74 Å². The lowest BCUT2D eigenvalue weighted by Gasteiger charge is -2.03. The Balaban J connectivity index is 2.12. The fourth-order valence-corrected chi connectivity index (χ4v) is 3.45. The molecule has 0 spiro atoms. The van der Waals surface area contributed by atoms with Gasteiger partial charge in [0.25, 0.3) is 0 Å². The standard InChI is InChI=1S/C12H12O2S2/c1-14-11-5-2-4-10(8-11)9-16(13)12-6-3-7-15-12/h2-8H,9H2,1H3. The molecule has 84 valence electrons. The molecule has 0 aliphatic heterocycles. The molecule has 0 bridgehead atoms. The third-order valence-electron chi connectivity index (χ3n) is 2.15. The molecule has 16 heavy (non-hydrogen) atoms. The van der Waals surface area contributed by atoms with Crippen molar-refractivity contribution in [1.82, 2.24) is 0 Å². The van der Waals surface area contributed by atoms with Gasteiger partial charge < -0.3 is 4.74 Å². The maximum absolute atomic E-state index is 12.0. The summed E-state index contributed by atoms with van der Waals surface area (Å²) < 4.78 is 18.0. The third kappa shape index (κ3) is 2.71. The second-order valence-corrected chi connectivity index (χ2v) is 5.90. The quantitative estimate of drug-likeness (QED) is 0.836. The summed E-state index contributed by atoms with van der Waals surface area (Å²) in [6.45, 7) is 0. The Bertz CT molecular complexity index is 478. The van der Waals surface area contributed by atoms with Gasteiger partial charge >= 0.3 is 0 Å². The van der Waals surface area contributed by atoms with Gasteiger partial charge in [-0.2, -0.15) is 0 Å². The monoisotopic (exact) mass is 252 g/mol. The second-order valence-electron chi connectivity index (χ2n) is 3.27. The molecular formula is C12H12O2S2. The number of methoxy groups -OCH3 is 1. The SMILES string of the molecule is COc1cccc(CS(=O)c2cccs2)c1. The number of benzene rings is 1. The van der Waals surface area contributed by atoms with Crippen molar-refractivity contribution < 1.29 is 8.95 Å². The summed E-state index contributed by atoms with van der Waals surface area (Å²) >= 11 is 1.53. The van der Waals surface area contributed by atoms with Crippen LogP contribution in [0.25, 0.3) is 0 Å². The van der Waals surface area contributed by atoms with E-state index in [1.807, 2.05) is 41.8 Å². The van der Waals surface area contributed by atoms with Crippen molar-refractivity contribution in [1.29, 1.82) is 0 Å². The number of ether oxygens (including phenoxy) is 1. The van der Waals surface area contributed by atoms with Crippen molar-refractivity contribution >= 4 is 22.1 Å². The van der Waals surface area contributed by atoms with Crippen molar-refractivity contribution in [2.24, 2.45) is 0 Å². The van der Waals surface area contributed by atoms with Gasteiger partial charge in [0.05, 0.1) is 27.9 Å². The Morgan fingerprint density at radius 1 is 1.31 bits per heavy atom. The Morgan fingerprint density at radius 2 is 2.19 bits per heavy atom. The molecule has 0 aliphatic carbocycles. The van der Waals surface area contributed by atoms with E-state index in [0.717, 1.165) is 15.5 Å². The normalized spacial score (nSPS) is 12.3. The smallest absolute Gasteiger partial charge is 0.119 e. The summed E-state index contributed by atoms with van der Waals surface area (Å²) in [6.07, 6.45) is 0. The van der Waals surface area contributed by atoms with Crippen LogP contribution in [0.2, 0.25) is 0 Å². The van der Waals surface area contributed by atoms with Crippen LogP contribution in [0.5, 0.6) is 5.75 Å². The highest BCUT2D eigenvalue weighted by Crippen LogP contribution is 2.19. The van der Waals surface area contributed by atoms with E-state index in [2.05, 4.69) is 0 Å². The Labute approximate surface area is 101 Å². The van der Waals surface area contributed by atoms with Gasteiger partial charge in [0.15, 0.2) is 0 Å². The van der Waals surface area contributed by atoms with Crippen molar-refractivity contribution in [2.75, 3.05) is 7.11 Å². The highest BCUT2D eigenvalue weighted by atomic mass is 32.2. The third-order valence-corrected chi connectivity index (χ3v) is 4.84. The zero-order valence-electron chi connectivity index (χ0n) is 8.88. The fraction of sp³-hybridized carbons (Fsp3) is 0.167. The molecule has 4 heteroatoms. The average Bonchev–Trinajstić information content (AvgIpc) is 2.83. The van der Waals surface area contributed by atoms with Gasteiger partial charge in [-0.05, 0) is 29.1 Å². The summed E-state index contributed by atoms with van der Waals surface area (Å²) in [4.78, 5) is 0. The fourth-order valence-electron chi connectivity index (χ4n) is 1.38. The predicted octanol–water partition coefficient (Wildman–Crippen LogP) is 3.06. The molecule has 0 fully saturated rings. The van der Waals surface area contributed by atoms with Gasteiger partial charge in [-0.25, -0.2) is 0 Å². The van der Waals surface area contributed by atoms with E-state index in [1.54, 1.807) is 7.11 Å². The molecule has 1 unspecified atom stereocenters. The van der Waals surface area contributed by atoms with Gasteiger partial charge in [0, 0.05) is 0 Å². The molecule has 1 heterocycles. The van der Waals surface area contributed by atoms with Crippen molar-refractivity contribution in [3.63, 3.8) is 0 Å². The van der Waals surface area contributed by atoms with Crippen LogP contribution in [0, 0.1) is 0 Å². The Kier molecular flexibility index (Phi) is 3.74. The molecule has 1 aromatic carbocycles.